The van der Waals surface area contributed by atoms with Gasteiger partial charge in [0.05, 0.1) is 5.69 Å². The van der Waals surface area contributed by atoms with Crippen LogP contribution in [0.3, 0.4) is 0 Å². The summed E-state index contributed by atoms with van der Waals surface area (Å²) in [7, 11) is 0. The molecule has 0 aliphatic heterocycles. The van der Waals surface area contributed by atoms with E-state index in [0.29, 0.717) is 21.9 Å². The number of amides is 1. The largest absolute Gasteiger partial charge is 0.450 e. The third-order valence-corrected chi connectivity index (χ3v) is 3.62. The predicted octanol–water partition coefficient (Wildman–Crippen LogP) is 4.46. The predicted molar refractivity (Wildman–Crippen MR) is 96.3 cm³/mol. The molecule has 0 atom stereocenters. The topological polar surface area (TPSA) is 68.0 Å². The maximum atomic E-state index is 12.0. The van der Waals surface area contributed by atoms with Gasteiger partial charge in [0.2, 0.25) is 5.91 Å². The van der Waals surface area contributed by atoms with E-state index < -0.39 is 0 Å². The lowest BCUT2D eigenvalue weighted by molar-refractivity contribution is -0.111. The molecule has 0 aliphatic carbocycles. The lowest BCUT2D eigenvalue weighted by Gasteiger charge is -2.06. The monoisotopic (exact) mass is 383 g/mol. The molecular weight excluding hydrogens is 370 g/mol. The van der Waals surface area contributed by atoms with Gasteiger partial charge in [-0.1, -0.05) is 12.1 Å². The first kappa shape index (κ1) is 16.1. The number of nitrogens with zero attached hydrogens (tertiary/aromatic N) is 2. The van der Waals surface area contributed by atoms with Crippen LogP contribution in [-0.4, -0.2) is 15.9 Å². The quantitative estimate of drug-likeness (QED) is 0.675. The second-order valence-electron chi connectivity index (χ2n) is 5.03. The summed E-state index contributed by atoms with van der Waals surface area (Å²) in [5.41, 5.74) is 2.42. The number of furan rings is 1. The number of hydrogen-bond acceptors (Lipinski definition) is 4. The highest BCUT2D eigenvalue weighted by Crippen LogP contribution is 2.21. The molecule has 5 nitrogen and oxygen atoms in total. The fraction of sp³-hybridized carbons (Fsp3) is 0.0556. The van der Waals surface area contributed by atoms with Crippen LogP contribution in [0.15, 0.2) is 63.8 Å². The summed E-state index contributed by atoms with van der Waals surface area (Å²) in [6, 6.07) is 12.9. The van der Waals surface area contributed by atoms with Crippen LogP contribution in [0.2, 0.25) is 0 Å². The van der Waals surface area contributed by atoms with E-state index in [4.69, 9.17) is 4.42 Å². The van der Waals surface area contributed by atoms with Gasteiger partial charge in [-0.2, -0.15) is 0 Å². The fourth-order valence-electron chi connectivity index (χ4n) is 2.13. The number of aryl methyl sites for hydroxylation is 1. The smallest absolute Gasteiger partial charge is 0.248 e. The van der Waals surface area contributed by atoms with Crippen LogP contribution in [0, 0.1) is 6.92 Å². The number of nitrogens with one attached hydrogen (secondary N) is 1. The third kappa shape index (κ3) is 4.17. The van der Waals surface area contributed by atoms with Crippen molar-refractivity contribution in [3.63, 3.8) is 0 Å². The molecule has 3 rings (SSSR count). The first-order valence-corrected chi connectivity index (χ1v) is 8.04. The Morgan fingerprint density at radius 1 is 1.25 bits per heavy atom. The number of halogens is 1. The molecular formula is C18H14BrN3O2. The van der Waals surface area contributed by atoms with Crippen molar-refractivity contribution in [3.05, 3.63) is 71.0 Å². The van der Waals surface area contributed by atoms with E-state index in [9.17, 15) is 4.79 Å². The zero-order valence-electron chi connectivity index (χ0n) is 12.9. The average Bonchev–Trinajstić information content (AvgIpc) is 2.99. The summed E-state index contributed by atoms with van der Waals surface area (Å²) in [6.07, 6.45) is 4.75. The van der Waals surface area contributed by atoms with Crippen molar-refractivity contribution >= 4 is 33.6 Å². The van der Waals surface area contributed by atoms with E-state index in [1.54, 1.807) is 24.4 Å². The van der Waals surface area contributed by atoms with Crippen LogP contribution in [-0.2, 0) is 4.79 Å². The van der Waals surface area contributed by atoms with Crippen LogP contribution in [0.4, 0.5) is 5.69 Å². The molecule has 24 heavy (non-hydrogen) atoms. The minimum Gasteiger partial charge on any atom is -0.450 e. The minimum absolute atomic E-state index is 0.237. The van der Waals surface area contributed by atoms with Crippen LogP contribution in [0.25, 0.3) is 17.3 Å². The summed E-state index contributed by atoms with van der Waals surface area (Å²) in [6.45, 7) is 1.84. The molecule has 1 N–H and O–H groups in total. The molecule has 0 unspecified atom stereocenters. The van der Waals surface area contributed by atoms with Crippen LogP contribution < -0.4 is 5.32 Å². The second kappa shape index (κ2) is 7.23. The summed E-state index contributed by atoms with van der Waals surface area (Å²) in [5, 5.41) is 2.82. The van der Waals surface area contributed by atoms with Gasteiger partial charge in [0, 0.05) is 23.5 Å². The molecule has 1 aromatic carbocycles. The van der Waals surface area contributed by atoms with Crippen LogP contribution in [0.1, 0.15) is 11.6 Å². The van der Waals surface area contributed by atoms with Crippen molar-refractivity contribution in [1.29, 1.82) is 0 Å². The Bertz CT molecular complexity index is 903. The summed E-state index contributed by atoms with van der Waals surface area (Å²) >= 11 is 3.22. The van der Waals surface area contributed by atoms with Crippen molar-refractivity contribution in [1.82, 2.24) is 9.97 Å². The molecule has 2 heterocycles. The van der Waals surface area contributed by atoms with E-state index >= 15 is 0 Å². The van der Waals surface area contributed by atoms with Gasteiger partial charge in [0.25, 0.3) is 0 Å². The first-order valence-electron chi connectivity index (χ1n) is 7.25. The van der Waals surface area contributed by atoms with E-state index in [2.05, 4.69) is 31.2 Å². The van der Waals surface area contributed by atoms with Gasteiger partial charge >= 0.3 is 0 Å². The number of benzene rings is 1. The zero-order chi connectivity index (χ0) is 16.9. The molecule has 120 valence electrons. The van der Waals surface area contributed by atoms with Gasteiger partial charge in [-0.3, -0.25) is 4.79 Å². The Labute approximate surface area is 147 Å². The highest BCUT2D eigenvalue weighted by atomic mass is 79.9. The molecule has 3 aromatic rings. The second-order valence-corrected chi connectivity index (χ2v) is 5.82. The van der Waals surface area contributed by atoms with Crippen LogP contribution in [0.5, 0.6) is 0 Å². The van der Waals surface area contributed by atoms with Crippen molar-refractivity contribution in [2.45, 2.75) is 6.92 Å². The zero-order valence-corrected chi connectivity index (χ0v) is 14.4. The molecule has 0 saturated carbocycles. The molecule has 2 aromatic heterocycles. The summed E-state index contributed by atoms with van der Waals surface area (Å²) in [4.78, 5) is 20.5. The van der Waals surface area contributed by atoms with E-state index in [0.717, 1.165) is 11.3 Å². The number of rotatable bonds is 4. The molecule has 0 bridgehead atoms. The number of carbonyl (C=O) groups excluding carboxylic acids is 1. The molecule has 0 saturated heterocycles. The van der Waals surface area contributed by atoms with Gasteiger partial charge < -0.3 is 9.73 Å². The Morgan fingerprint density at radius 3 is 2.88 bits per heavy atom. The third-order valence-electron chi connectivity index (χ3n) is 3.19. The highest BCUT2D eigenvalue weighted by molar-refractivity contribution is 9.10. The lowest BCUT2D eigenvalue weighted by Crippen LogP contribution is -2.07. The van der Waals surface area contributed by atoms with Gasteiger partial charge in [0.15, 0.2) is 4.67 Å². The fourth-order valence-corrected chi connectivity index (χ4v) is 2.45. The molecule has 0 spiro atoms. The highest BCUT2D eigenvalue weighted by Gasteiger charge is 2.04. The normalized spacial score (nSPS) is 10.9. The van der Waals surface area contributed by atoms with Crippen molar-refractivity contribution in [2.75, 3.05) is 5.32 Å². The van der Waals surface area contributed by atoms with Crippen molar-refractivity contribution in [3.8, 4) is 11.3 Å². The number of aromatic nitrogens is 2. The number of carbonyl (C=O) groups is 1. The van der Waals surface area contributed by atoms with Gasteiger partial charge in [-0.15, -0.1) is 0 Å². The van der Waals surface area contributed by atoms with Gasteiger partial charge in [0.1, 0.15) is 11.6 Å². The molecule has 0 aliphatic rings. The maximum Gasteiger partial charge on any atom is 0.248 e. The molecule has 1 amide bonds. The maximum absolute atomic E-state index is 12.0. The molecule has 0 fully saturated rings. The van der Waals surface area contributed by atoms with Crippen molar-refractivity contribution < 1.29 is 9.21 Å². The summed E-state index contributed by atoms with van der Waals surface area (Å²) < 4.78 is 5.93. The SMILES string of the molecule is Cc1nccc(-c2cccc(NC(=O)C=Cc3ccc(Br)o3)c2)n1. The first-order chi connectivity index (χ1) is 11.6. The van der Waals surface area contributed by atoms with E-state index in [1.165, 1.54) is 6.08 Å². The Kier molecular flexibility index (Phi) is 4.86. The number of hydrogen-bond donors (Lipinski definition) is 1. The van der Waals surface area contributed by atoms with E-state index in [-0.39, 0.29) is 5.91 Å². The van der Waals surface area contributed by atoms with E-state index in [1.807, 2.05) is 37.3 Å². The Hall–Kier alpha value is -2.73. The van der Waals surface area contributed by atoms with Gasteiger partial charge in [-0.05, 0) is 59.3 Å². The Morgan fingerprint density at radius 2 is 2.12 bits per heavy atom. The molecule has 6 heteroatoms. The van der Waals surface area contributed by atoms with Crippen molar-refractivity contribution in [2.24, 2.45) is 0 Å². The summed E-state index contributed by atoms with van der Waals surface area (Å²) in [5.74, 6) is 1.07. The number of anilines is 1. The lowest BCUT2D eigenvalue weighted by atomic mass is 10.1. The average molecular weight is 384 g/mol. The Balaban J connectivity index is 1.72. The minimum atomic E-state index is -0.237. The van der Waals surface area contributed by atoms with Gasteiger partial charge in [-0.25, -0.2) is 9.97 Å². The van der Waals surface area contributed by atoms with Crippen LogP contribution >= 0.6 is 15.9 Å². The molecule has 0 radical (unpaired) electrons. The standard InChI is InChI=1S/C18H14BrN3O2/c1-12-20-10-9-16(21-12)13-3-2-4-14(11-13)22-18(23)8-6-15-5-7-17(19)24-15/h2-11H,1H3,(H,22,23).